The van der Waals surface area contributed by atoms with Gasteiger partial charge in [-0.3, -0.25) is 9.59 Å². The fourth-order valence-electron chi connectivity index (χ4n) is 3.50. The zero-order valence-electron chi connectivity index (χ0n) is 13.9. The molecule has 4 heteroatoms. The zero-order chi connectivity index (χ0) is 17.2. The third-order valence-electron chi connectivity index (χ3n) is 4.64. The molecule has 2 aromatic carbocycles. The summed E-state index contributed by atoms with van der Waals surface area (Å²) in [5.74, 6) is 1.36. The topological polar surface area (TPSA) is 52.6 Å². The first-order valence-corrected chi connectivity index (χ1v) is 7.90. The van der Waals surface area contributed by atoms with Gasteiger partial charge in [-0.15, -0.1) is 0 Å². The molecule has 0 aromatic heterocycles. The van der Waals surface area contributed by atoms with Gasteiger partial charge in [0.25, 0.3) is 0 Å². The van der Waals surface area contributed by atoms with Crippen molar-refractivity contribution < 1.29 is 19.1 Å². The Hall–Kier alpha value is -2.62. The number of benzene rings is 2. The highest BCUT2D eigenvalue weighted by Gasteiger charge is 2.42. The number of carbonyl (C=O) groups excluding carboxylic acids is 2. The molecule has 2 aromatic rings. The van der Waals surface area contributed by atoms with Crippen LogP contribution in [0.5, 0.6) is 11.5 Å². The molecule has 0 amide bonds. The largest absolute Gasteiger partial charge is 0.497 e. The summed E-state index contributed by atoms with van der Waals surface area (Å²) in [6, 6.07) is 15.2. The SMILES string of the molecule is COc1cccc(C2(c3cccc(OC)c3)CC(=O)CC(=O)C2)c1. The molecule has 0 atom stereocenters. The molecule has 0 aliphatic heterocycles. The van der Waals surface area contributed by atoms with Crippen molar-refractivity contribution in [1.29, 1.82) is 0 Å². The van der Waals surface area contributed by atoms with E-state index < -0.39 is 5.41 Å². The van der Waals surface area contributed by atoms with Crippen molar-refractivity contribution in [2.45, 2.75) is 24.7 Å². The van der Waals surface area contributed by atoms with E-state index in [2.05, 4.69) is 0 Å². The van der Waals surface area contributed by atoms with Gasteiger partial charge in [0.1, 0.15) is 23.1 Å². The maximum atomic E-state index is 12.3. The summed E-state index contributed by atoms with van der Waals surface area (Å²) in [6.07, 6.45) is 0.633. The fraction of sp³-hybridized carbons (Fsp3) is 0.300. The van der Waals surface area contributed by atoms with Gasteiger partial charge >= 0.3 is 0 Å². The van der Waals surface area contributed by atoms with Crippen LogP contribution in [0.1, 0.15) is 30.4 Å². The Balaban J connectivity index is 2.20. The van der Waals surface area contributed by atoms with Crippen LogP contribution in [0.15, 0.2) is 48.5 Å². The van der Waals surface area contributed by atoms with E-state index in [-0.39, 0.29) is 18.0 Å². The monoisotopic (exact) mass is 324 g/mol. The van der Waals surface area contributed by atoms with Gasteiger partial charge in [0.05, 0.1) is 20.6 Å². The summed E-state index contributed by atoms with van der Waals surface area (Å²) in [5.41, 5.74) is 1.16. The van der Waals surface area contributed by atoms with Gasteiger partial charge in [-0.2, -0.15) is 0 Å². The van der Waals surface area contributed by atoms with Crippen LogP contribution in [-0.2, 0) is 15.0 Å². The Morgan fingerprint density at radius 2 is 1.25 bits per heavy atom. The van der Waals surface area contributed by atoms with Crippen molar-refractivity contribution in [3.05, 3.63) is 59.7 Å². The van der Waals surface area contributed by atoms with E-state index >= 15 is 0 Å². The maximum Gasteiger partial charge on any atom is 0.141 e. The molecular weight excluding hydrogens is 304 g/mol. The lowest BCUT2D eigenvalue weighted by atomic mass is 9.64. The van der Waals surface area contributed by atoms with Crippen molar-refractivity contribution >= 4 is 11.6 Å². The molecule has 24 heavy (non-hydrogen) atoms. The molecule has 0 saturated heterocycles. The normalized spacial score (nSPS) is 16.8. The third kappa shape index (κ3) is 2.92. The number of hydrogen-bond donors (Lipinski definition) is 0. The van der Waals surface area contributed by atoms with Crippen molar-refractivity contribution in [3.8, 4) is 11.5 Å². The molecule has 0 unspecified atom stereocenters. The molecule has 1 aliphatic carbocycles. The number of methoxy groups -OCH3 is 2. The average Bonchev–Trinajstić information content (AvgIpc) is 2.61. The maximum absolute atomic E-state index is 12.3. The quantitative estimate of drug-likeness (QED) is 0.810. The fourth-order valence-corrected chi connectivity index (χ4v) is 3.50. The second-order valence-electron chi connectivity index (χ2n) is 6.15. The minimum Gasteiger partial charge on any atom is -0.497 e. The van der Waals surface area contributed by atoms with E-state index in [1.54, 1.807) is 14.2 Å². The predicted molar refractivity (Wildman–Crippen MR) is 90.6 cm³/mol. The average molecular weight is 324 g/mol. The number of carbonyl (C=O) groups is 2. The van der Waals surface area contributed by atoms with Crippen LogP contribution in [0.25, 0.3) is 0 Å². The summed E-state index contributed by atoms with van der Waals surface area (Å²) in [6.45, 7) is 0. The molecule has 4 nitrogen and oxygen atoms in total. The number of ketones is 2. The third-order valence-corrected chi connectivity index (χ3v) is 4.64. The summed E-state index contributed by atoms with van der Waals surface area (Å²) in [4.78, 5) is 24.5. The Labute approximate surface area is 141 Å². The molecule has 0 bridgehead atoms. The highest BCUT2D eigenvalue weighted by atomic mass is 16.5. The minimum atomic E-state index is -0.671. The van der Waals surface area contributed by atoms with Crippen LogP contribution in [0.2, 0.25) is 0 Å². The van der Waals surface area contributed by atoms with Gasteiger partial charge < -0.3 is 9.47 Å². The van der Waals surface area contributed by atoms with Crippen LogP contribution in [-0.4, -0.2) is 25.8 Å². The number of hydrogen-bond acceptors (Lipinski definition) is 4. The summed E-state index contributed by atoms with van der Waals surface area (Å²) in [7, 11) is 3.21. The molecule has 124 valence electrons. The van der Waals surface area contributed by atoms with Crippen LogP contribution in [0.4, 0.5) is 0 Å². The van der Waals surface area contributed by atoms with Crippen molar-refractivity contribution in [2.24, 2.45) is 0 Å². The van der Waals surface area contributed by atoms with Crippen LogP contribution in [0, 0.1) is 0 Å². The highest BCUT2D eigenvalue weighted by molar-refractivity contribution is 6.03. The van der Waals surface area contributed by atoms with Gasteiger partial charge in [-0.05, 0) is 35.4 Å². The van der Waals surface area contributed by atoms with Crippen molar-refractivity contribution in [2.75, 3.05) is 14.2 Å². The van der Waals surface area contributed by atoms with E-state index in [1.165, 1.54) is 0 Å². The first-order valence-electron chi connectivity index (χ1n) is 7.90. The van der Waals surface area contributed by atoms with E-state index in [4.69, 9.17) is 9.47 Å². The molecule has 0 N–H and O–H groups in total. The molecule has 0 spiro atoms. The molecular formula is C20H20O4. The lowest BCUT2D eigenvalue weighted by molar-refractivity contribution is -0.131. The second kappa shape index (κ2) is 6.48. The van der Waals surface area contributed by atoms with E-state index in [9.17, 15) is 9.59 Å². The standard InChI is InChI=1S/C20H20O4/c1-23-18-7-3-5-14(9-18)20(12-16(21)11-17(22)13-20)15-6-4-8-19(10-15)24-2/h3-10H,11-13H2,1-2H3. The van der Waals surface area contributed by atoms with Gasteiger partial charge in [-0.1, -0.05) is 24.3 Å². The summed E-state index contributed by atoms with van der Waals surface area (Å²) < 4.78 is 10.7. The van der Waals surface area contributed by atoms with Gasteiger partial charge in [0.15, 0.2) is 0 Å². The predicted octanol–water partition coefficient (Wildman–Crippen LogP) is 3.31. The van der Waals surface area contributed by atoms with E-state index in [0.717, 1.165) is 11.1 Å². The molecule has 0 heterocycles. The first kappa shape index (κ1) is 16.2. The van der Waals surface area contributed by atoms with Crippen molar-refractivity contribution in [1.82, 2.24) is 0 Å². The Kier molecular flexibility index (Phi) is 4.38. The van der Waals surface area contributed by atoms with Crippen molar-refractivity contribution in [3.63, 3.8) is 0 Å². The summed E-state index contributed by atoms with van der Waals surface area (Å²) in [5, 5.41) is 0. The molecule has 0 radical (unpaired) electrons. The molecule has 1 fully saturated rings. The first-order chi connectivity index (χ1) is 11.6. The highest BCUT2D eigenvalue weighted by Crippen LogP contribution is 2.44. The number of Topliss-reactive ketones (excluding diaryl/α,β-unsaturated/α-hetero) is 2. The molecule has 1 aliphatic rings. The number of ether oxygens (including phenoxy) is 2. The Bertz CT molecular complexity index is 713. The smallest absolute Gasteiger partial charge is 0.141 e. The number of rotatable bonds is 4. The molecule has 3 rings (SSSR count). The minimum absolute atomic E-state index is 0.0235. The van der Waals surface area contributed by atoms with Crippen LogP contribution in [0.3, 0.4) is 0 Å². The van der Waals surface area contributed by atoms with Gasteiger partial charge in [-0.25, -0.2) is 0 Å². The lowest BCUT2D eigenvalue weighted by Crippen LogP contribution is -2.38. The lowest BCUT2D eigenvalue weighted by Gasteiger charge is -2.37. The van der Waals surface area contributed by atoms with Gasteiger partial charge in [0.2, 0.25) is 0 Å². The van der Waals surface area contributed by atoms with E-state index in [1.807, 2.05) is 48.5 Å². The second-order valence-corrected chi connectivity index (χ2v) is 6.15. The summed E-state index contributed by atoms with van der Waals surface area (Å²) >= 11 is 0. The van der Waals surface area contributed by atoms with E-state index in [0.29, 0.717) is 24.3 Å². The Morgan fingerprint density at radius 3 is 1.67 bits per heavy atom. The molecule has 1 saturated carbocycles. The zero-order valence-corrected chi connectivity index (χ0v) is 13.9. The van der Waals surface area contributed by atoms with Gasteiger partial charge in [0, 0.05) is 18.3 Å². The Morgan fingerprint density at radius 1 is 0.792 bits per heavy atom. The van der Waals surface area contributed by atoms with Crippen LogP contribution < -0.4 is 9.47 Å². The van der Waals surface area contributed by atoms with Crippen LogP contribution >= 0.6 is 0 Å².